The van der Waals surface area contributed by atoms with Crippen LogP contribution in [0, 0.1) is 6.92 Å². The van der Waals surface area contributed by atoms with Crippen molar-refractivity contribution in [2.45, 2.75) is 25.9 Å². The largest absolute Gasteiger partial charge is 0.349 e. The van der Waals surface area contributed by atoms with E-state index in [0.717, 1.165) is 22.5 Å². The minimum absolute atomic E-state index is 0.145. The van der Waals surface area contributed by atoms with Crippen molar-refractivity contribution in [3.63, 3.8) is 0 Å². The van der Waals surface area contributed by atoms with E-state index >= 15 is 0 Å². The first-order chi connectivity index (χ1) is 13.2. The molecule has 0 unspecified atom stereocenters. The standard InChI is InChI=1S/C19H19N7O/c1-14-6-5-9-25-16(11-20-18(14)25)12-21-19(27)17(26-13-22-23-24-26)10-15-7-3-2-4-8-15/h2-9,11,13,17H,10,12H2,1H3,(H,21,27)/t17-/m1/s1. The number of nitrogens with zero attached hydrogens (tertiary/aromatic N) is 6. The second-order valence-corrected chi connectivity index (χ2v) is 6.35. The highest BCUT2D eigenvalue weighted by Gasteiger charge is 2.22. The number of hydrogen-bond donors (Lipinski definition) is 1. The Kier molecular flexibility index (Phi) is 4.61. The van der Waals surface area contributed by atoms with Crippen LogP contribution in [0.2, 0.25) is 0 Å². The van der Waals surface area contributed by atoms with Crippen LogP contribution in [-0.4, -0.2) is 35.5 Å². The maximum absolute atomic E-state index is 12.9. The van der Waals surface area contributed by atoms with Crippen LogP contribution in [-0.2, 0) is 17.8 Å². The second-order valence-electron chi connectivity index (χ2n) is 6.35. The van der Waals surface area contributed by atoms with Crippen LogP contribution in [0.15, 0.2) is 61.2 Å². The Hall–Kier alpha value is -3.55. The molecule has 0 fully saturated rings. The molecule has 8 nitrogen and oxygen atoms in total. The molecule has 1 amide bonds. The van der Waals surface area contributed by atoms with Crippen molar-refractivity contribution in [3.8, 4) is 0 Å². The molecule has 136 valence electrons. The van der Waals surface area contributed by atoms with Crippen molar-refractivity contribution in [2.24, 2.45) is 0 Å². The number of carbonyl (C=O) groups excluding carboxylic acids is 1. The average molecular weight is 361 g/mol. The fourth-order valence-corrected chi connectivity index (χ4v) is 3.08. The van der Waals surface area contributed by atoms with E-state index in [1.165, 1.54) is 11.0 Å². The average Bonchev–Trinajstić information content (AvgIpc) is 3.36. The lowest BCUT2D eigenvalue weighted by Crippen LogP contribution is -2.34. The van der Waals surface area contributed by atoms with E-state index in [-0.39, 0.29) is 5.91 Å². The summed E-state index contributed by atoms with van der Waals surface area (Å²) >= 11 is 0. The van der Waals surface area contributed by atoms with Gasteiger partial charge in [0.15, 0.2) is 0 Å². The Bertz CT molecular complexity index is 1040. The zero-order valence-electron chi connectivity index (χ0n) is 14.9. The number of imidazole rings is 1. The molecule has 1 atom stereocenters. The number of aromatic nitrogens is 6. The van der Waals surface area contributed by atoms with Gasteiger partial charge in [0.05, 0.1) is 18.4 Å². The summed E-state index contributed by atoms with van der Waals surface area (Å²) in [5.41, 5.74) is 3.93. The van der Waals surface area contributed by atoms with Gasteiger partial charge in [-0.25, -0.2) is 9.67 Å². The molecule has 0 aliphatic carbocycles. The summed E-state index contributed by atoms with van der Waals surface area (Å²) in [6.07, 6.45) is 5.69. The summed E-state index contributed by atoms with van der Waals surface area (Å²) in [6.45, 7) is 2.38. The number of carbonyl (C=O) groups is 1. The van der Waals surface area contributed by atoms with Gasteiger partial charge in [-0.2, -0.15) is 0 Å². The Labute approximate surface area is 155 Å². The van der Waals surface area contributed by atoms with Crippen LogP contribution >= 0.6 is 0 Å². The Morgan fingerprint density at radius 3 is 2.81 bits per heavy atom. The maximum Gasteiger partial charge on any atom is 0.245 e. The lowest BCUT2D eigenvalue weighted by Gasteiger charge is -2.16. The van der Waals surface area contributed by atoms with Gasteiger partial charge in [-0.15, -0.1) is 5.10 Å². The Morgan fingerprint density at radius 1 is 1.19 bits per heavy atom. The highest BCUT2D eigenvalue weighted by Crippen LogP contribution is 2.15. The van der Waals surface area contributed by atoms with Crippen LogP contribution in [0.5, 0.6) is 0 Å². The summed E-state index contributed by atoms with van der Waals surface area (Å²) in [7, 11) is 0. The number of rotatable bonds is 6. The first-order valence-corrected chi connectivity index (χ1v) is 8.68. The normalized spacial score (nSPS) is 12.2. The van der Waals surface area contributed by atoms with Crippen molar-refractivity contribution in [1.82, 2.24) is 34.9 Å². The van der Waals surface area contributed by atoms with E-state index in [4.69, 9.17) is 0 Å². The van der Waals surface area contributed by atoms with E-state index < -0.39 is 6.04 Å². The van der Waals surface area contributed by atoms with E-state index in [1.807, 2.05) is 60.0 Å². The lowest BCUT2D eigenvalue weighted by atomic mass is 10.1. The molecular formula is C19H19N7O. The van der Waals surface area contributed by atoms with Crippen LogP contribution in [0.1, 0.15) is 22.9 Å². The third kappa shape index (κ3) is 3.55. The molecule has 0 aliphatic heterocycles. The van der Waals surface area contributed by atoms with Gasteiger partial charge < -0.3 is 9.72 Å². The van der Waals surface area contributed by atoms with E-state index in [2.05, 4.69) is 25.8 Å². The summed E-state index contributed by atoms with van der Waals surface area (Å²) in [5, 5.41) is 14.2. The molecule has 3 heterocycles. The van der Waals surface area contributed by atoms with Crippen molar-refractivity contribution in [2.75, 3.05) is 0 Å². The van der Waals surface area contributed by atoms with Crippen molar-refractivity contribution in [1.29, 1.82) is 0 Å². The quantitative estimate of drug-likeness (QED) is 0.565. The Balaban J connectivity index is 1.52. The van der Waals surface area contributed by atoms with Gasteiger partial charge in [0.25, 0.3) is 0 Å². The molecule has 0 saturated heterocycles. The number of aryl methyl sites for hydroxylation is 1. The van der Waals surface area contributed by atoms with Gasteiger partial charge in [0.2, 0.25) is 5.91 Å². The molecule has 4 aromatic rings. The van der Waals surface area contributed by atoms with Gasteiger partial charge in [0, 0.05) is 12.6 Å². The van der Waals surface area contributed by atoms with E-state index in [9.17, 15) is 4.79 Å². The Morgan fingerprint density at radius 2 is 2.04 bits per heavy atom. The number of tetrazole rings is 1. The molecule has 0 bridgehead atoms. The van der Waals surface area contributed by atoms with Crippen molar-refractivity contribution < 1.29 is 4.79 Å². The predicted octanol–water partition coefficient (Wildman–Crippen LogP) is 1.73. The van der Waals surface area contributed by atoms with Gasteiger partial charge in [-0.05, 0) is 34.5 Å². The molecular weight excluding hydrogens is 342 g/mol. The highest BCUT2D eigenvalue weighted by atomic mass is 16.2. The second kappa shape index (κ2) is 7.36. The topological polar surface area (TPSA) is 90.0 Å². The van der Waals surface area contributed by atoms with Gasteiger partial charge in [-0.3, -0.25) is 4.79 Å². The van der Waals surface area contributed by atoms with Crippen LogP contribution in [0.25, 0.3) is 5.65 Å². The molecule has 3 aromatic heterocycles. The van der Waals surface area contributed by atoms with Crippen LogP contribution in [0.3, 0.4) is 0 Å². The third-order valence-corrected chi connectivity index (χ3v) is 4.51. The number of amides is 1. The highest BCUT2D eigenvalue weighted by molar-refractivity contribution is 5.80. The molecule has 0 spiro atoms. The molecule has 8 heteroatoms. The van der Waals surface area contributed by atoms with Crippen molar-refractivity contribution in [3.05, 3.63) is 78.0 Å². The zero-order chi connectivity index (χ0) is 18.6. The maximum atomic E-state index is 12.9. The molecule has 0 saturated carbocycles. The van der Waals surface area contributed by atoms with E-state index in [0.29, 0.717) is 13.0 Å². The fourth-order valence-electron chi connectivity index (χ4n) is 3.08. The molecule has 1 N–H and O–H groups in total. The smallest absolute Gasteiger partial charge is 0.245 e. The molecule has 4 rings (SSSR count). The molecule has 27 heavy (non-hydrogen) atoms. The minimum atomic E-state index is -0.525. The lowest BCUT2D eigenvalue weighted by molar-refractivity contribution is -0.124. The monoisotopic (exact) mass is 361 g/mol. The summed E-state index contributed by atoms with van der Waals surface area (Å²) in [5.74, 6) is -0.145. The number of hydrogen-bond acceptors (Lipinski definition) is 5. The first-order valence-electron chi connectivity index (χ1n) is 8.68. The van der Waals surface area contributed by atoms with Crippen molar-refractivity contribution >= 4 is 11.6 Å². The number of benzene rings is 1. The van der Waals surface area contributed by atoms with Crippen LogP contribution in [0.4, 0.5) is 0 Å². The van der Waals surface area contributed by atoms with Gasteiger partial charge in [0.1, 0.15) is 18.0 Å². The van der Waals surface area contributed by atoms with E-state index in [1.54, 1.807) is 6.20 Å². The number of pyridine rings is 1. The SMILES string of the molecule is Cc1cccn2c(CNC(=O)[C@@H](Cc3ccccc3)n3cnnn3)cnc12. The fraction of sp³-hybridized carbons (Fsp3) is 0.211. The van der Waals surface area contributed by atoms with Gasteiger partial charge >= 0.3 is 0 Å². The zero-order valence-corrected chi connectivity index (χ0v) is 14.9. The molecule has 1 aromatic carbocycles. The minimum Gasteiger partial charge on any atom is -0.349 e. The number of fused-ring (bicyclic) bond motifs is 1. The predicted molar refractivity (Wildman–Crippen MR) is 98.8 cm³/mol. The number of nitrogens with one attached hydrogen (secondary N) is 1. The third-order valence-electron chi connectivity index (χ3n) is 4.51. The first kappa shape index (κ1) is 16.9. The molecule has 0 aliphatic rings. The summed E-state index contributed by atoms with van der Waals surface area (Å²) in [4.78, 5) is 17.3. The summed E-state index contributed by atoms with van der Waals surface area (Å²) < 4.78 is 3.47. The summed E-state index contributed by atoms with van der Waals surface area (Å²) in [6, 6.07) is 13.3. The van der Waals surface area contributed by atoms with Crippen LogP contribution < -0.4 is 5.32 Å². The van der Waals surface area contributed by atoms with Gasteiger partial charge in [-0.1, -0.05) is 36.4 Å². The molecule has 0 radical (unpaired) electrons.